The van der Waals surface area contributed by atoms with Crippen LogP contribution in [0.4, 0.5) is 14.7 Å². The number of anilines is 1. The third-order valence-corrected chi connectivity index (χ3v) is 5.38. The van der Waals surface area contributed by atoms with Crippen LogP contribution in [0.15, 0.2) is 36.4 Å². The molecule has 0 spiro atoms. The number of aryl methyl sites for hydroxylation is 1. The Hall–Kier alpha value is -2.80. The highest BCUT2D eigenvalue weighted by molar-refractivity contribution is 5.83. The first-order chi connectivity index (χ1) is 14.0. The van der Waals surface area contributed by atoms with Crippen LogP contribution in [0.25, 0.3) is 10.9 Å². The lowest BCUT2D eigenvalue weighted by molar-refractivity contribution is 0.410. The molecule has 152 valence electrons. The van der Waals surface area contributed by atoms with Gasteiger partial charge in [-0.2, -0.15) is 0 Å². The highest BCUT2D eigenvalue weighted by Crippen LogP contribution is 2.25. The third kappa shape index (κ3) is 4.45. The number of rotatable bonds is 5. The largest absolute Gasteiger partial charge is 0.497 e. The summed E-state index contributed by atoms with van der Waals surface area (Å²) in [5.74, 6) is 0.418. The molecule has 7 heteroatoms. The van der Waals surface area contributed by atoms with Crippen molar-refractivity contribution in [2.75, 3.05) is 25.1 Å². The first kappa shape index (κ1) is 19.5. The minimum atomic E-state index is -0.544. The van der Waals surface area contributed by atoms with E-state index < -0.39 is 11.6 Å². The molecule has 1 aliphatic rings. The average molecular weight is 398 g/mol. The molecule has 2 heterocycles. The Morgan fingerprint density at radius 3 is 2.48 bits per heavy atom. The van der Waals surface area contributed by atoms with E-state index in [0.29, 0.717) is 18.2 Å². The molecule has 0 aliphatic carbocycles. The van der Waals surface area contributed by atoms with Gasteiger partial charge < -0.3 is 15.0 Å². The van der Waals surface area contributed by atoms with Crippen LogP contribution >= 0.6 is 0 Å². The topological polar surface area (TPSA) is 50.3 Å². The molecule has 29 heavy (non-hydrogen) atoms. The van der Waals surface area contributed by atoms with Crippen LogP contribution in [-0.2, 0) is 6.54 Å². The Morgan fingerprint density at radius 2 is 1.79 bits per heavy atom. The number of ether oxygens (including phenoxy) is 1. The summed E-state index contributed by atoms with van der Waals surface area (Å²) < 4.78 is 32.0. The van der Waals surface area contributed by atoms with Gasteiger partial charge in [-0.25, -0.2) is 18.7 Å². The molecule has 5 nitrogen and oxygen atoms in total. The molecule has 0 unspecified atom stereocenters. The number of nitrogens with one attached hydrogen (secondary N) is 1. The molecular formula is C22H24F2N4O. The van der Waals surface area contributed by atoms with Crippen molar-refractivity contribution < 1.29 is 13.5 Å². The molecule has 0 saturated carbocycles. The predicted molar refractivity (Wildman–Crippen MR) is 109 cm³/mol. The maximum atomic E-state index is 13.3. The smallest absolute Gasteiger partial charge is 0.226 e. The normalized spacial score (nSPS) is 15.1. The number of aromatic nitrogens is 2. The second kappa shape index (κ2) is 8.29. The summed E-state index contributed by atoms with van der Waals surface area (Å²) in [6.07, 6.45) is 1.83. The Labute approximate surface area is 168 Å². The van der Waals surface area contributed by atoms with Gasteiger partial charge in [0.1, 0.15) is 17.4 Å². The summed E-state index contributed by atoms with van der Waals surface area (Å²) in [5.41, 5.74) is 2.44. The van der Waals surface area contributed by atoms with Crippen molar-refractivity contribution in [3.8, 4) is 5.75 Å². The molecule has 1 saturated heterocycles. The number of fused-ring (bicyclic) bond motifs is 1. The molecule has 0 bridgehead atoms. The van der Waals surface area contributed by atoms with Crippen molar-refractivity contribution in [1.29, 1.82) is 0 Å². The van der Waals surface area contributed by atoms with Gasteiger partial charge in [0.2, 0.25) is 5.95 Å². The second-order valence-electron chi connectivity index (χ2n) is 7.41. The number of piperidine rings is 1. The third-order valence-electron chi connectivity index (χ3n) is 5.38. The Morgan fingerprint density at radius 1 is 1.07 bits per heavy atom. The highest BCUT2D eigenvalue weighted by Gasteiger charge is 2.21. The molecule has 2 aromatic carbocycles. The molecule has 1 fully saturated rings. The lowest BCUT2D eigenvalue weighted by Crippen LogP contribution is -2.43. The van der Waals surface area contributed by atoms with Crippen molar-refractivity contribution in [1.82, 2.24) is 15.3 Å². The van der Waals surface area contributed by atoms with Crippen LogP contribution in [0, 0.1) is 18.6 Å². The SMILES string of the molecule is COc1ccc2c(C)nc(N3CCC(NCc4cc(F)cc(F)c4)CC3)nc2c1. The minimum absolute atomic E-state index is 0.291. The summed E-state index contributed by atoms with van der Waals surface area (Å²) in [6.45, 7) is 4.09. The van der Waals surface area contributed by atoms with Crippen LogP contribution in [-0.4, -0.2) is 36.2 Å². The molecule has 1 N–H and O–H groups in total. The zero-order chi connectivity index (χ0) is 20.4. The first-order valence-electron chi connectivity index (χ1n) is 9.77. The van der Waals surface area contributed by atoms with Crippen LogP contribution in [0.1, 0.15) is 24.1 Å². The monoisotopic (exact) mass is 398 g/mol. The summed E-state index contributed by atoms with van der Waals surface area (Å²) in [7, 11) is 1.64. The van der Waals surface area contributed by atoms with Gasteiger partial charge in [0.05, 0.1) is 18.3 Å². The molecular weight excluding hydrogens is 374 g/mol. The van der Waals surface area contributed by atoms with E-state index >= 15 is 0 Å². The molecule has 4 rings (SSSR count). The van der Waals surface area contributed by atoms with E-state index in [0.717, 1.165) is 60.3 Å². The van der Waals surface area contributed by atoms with Crippen molar-refractivity contribution >= 4 is 16.9 Å². The van der Waals surface area contributed by atoms with Gasteiger partial charge in [0.25, 0.3) is 0 Å². The van der Waals surface area contributed by atoms with Crippen molar-refractivity contribution in [2.24, 2.45) is 0 Å². The molecule has 1 aliphatic heterocycles. The van der Waals surface area contributed by atoms with Crippen LogP contribution in [0.5, 0.6) is 5.75 Å². The van der Waals surface area contributed by atoms with Crippen molar-refractivity contribution in [2.45, 2.75) is 32.4 Å². The summed E-state index contributed by atoms with van der Waals surface area (Å²) in [4.78, 5) is 11.6. The zero-order valence-electron chi connectivity index (χ0n) is 16.6. The Kier molecular flexibility index (Phi) is 5.58. The number of halogens is 2. The van der Waals surface area contributed by atoms with E-state index in [-0.39, 0.29) is 0 Å². The predicted octanol–water partition coefficient (Wildman–Crippen LogP) is 3.98. The highest BCUT2D eigenvalue weighted by atomic mass is 19.1. The first-order valence-corrected chi connectivity index (χ1v) is 9.77. The fourth-order valence-electron chi connectivity index (χ4n) is 3.78. The van der Waals surface area contributed by atoms with Gasteiger partial charge in [-0.3, -0.25) is 0 Å². The summed E-state index contributed by atoms with van der Waals surface area (Å²) in [5, 5.41) is 4.42. The number of hydrogen-bond donors (Lipinski definition) is 1. The lowest BCUT2D eigenvalue weighted by atomic mass is 10.0. The van der Waals surface area contributed by atoms with E-state index in [1.165, 1.54) is 12.1 Å². The molecule has 0 radical (unpaired) electrons. The quantitative estimate of drug-likeness (QED) is 0.705. The van der Waals surface area contributed by atoms with Crippen LogP contribution in [0.3, 0.4) is 0 Å². The lowest BCUT2D eigenvalue weighted by Gasteiger charge is -2.32. The van der Waals surface area contributed by atoms with E-state index in [2.05, 4.69) is 15.2 Å². The van der Waals surface area contributed by atoms with Crippen molar-refractivity contribution in [3.63, 3.8) is 0 Å². The number of nitrogens with zero attached hydrogens (tertiary/aromatic N) is 3. The molecule has 1 aromatic heterocycles. The van der Waals surface area contributed by atoms with Gasteiger partial charge in [-0.05, 0) is 49.6 Å². The molecule has 0 atom stereocenters. The van der Waals surface area contributed by atoms with Gasteiger partial charge in [-0.1, -0.05) is 0 Å². The van der Waals surface area contributed by atoms with Crippen molar-refractivity contribution in [3.05, 3.63) is 59.3 Å². The summed E-state index contributed by atoms with van der Waals surface area (Å²) in [6, 6.07) is 9.75. The Bertz CT molecular complexity index is 999. The van der Waals surface area contributed by atoms with E-state index in [1.807, 2.05) is 25.1 Å². The van der Waals surface area contributed by atoms with E-state index in [4.69, 9.17) is 9.72 Å². The standard InChI is InChI=1S/C22H24F2N4O/c1-14-20-4-3-19(29-2)12-21(20)27-22(26-14)28-7-5-18(6-8-28)25-13-15-9-16(23)11-17(24)10-15/h3-4,9-12,18,25H,5-8,13H2,1-2H3. The van der Waals surface area contributed by atoms with Crippen LogP contribution in [0.2, 0.25) is 0 Å². The van der Waals surface area contributed by atoms with E-state index in [9.17, 15) is 8.78 Å². The zero-order valence-corrected chi connectivity index (χ0v) is 16.6. The van der Waals surface area contributed by atoms with Gasteiger partial charge >= 0.3 is 0 Å². The fourth-order valence-corrected chi connectivity index (χ4v) is 3.78. The molecule has 3 aromatic rings. The Balaban J connectivity index is 1.40. The van der Waals surface area contributed by atoms with E-state index in [1.54, 1.807) is 7.11 Å². The average Bonchev–Trinajstić information content (AvgIpc) is 2.71. The maximum absolute atomic E-state index is 13.3. The number of benzene rings is 2. The second-order valence-corrected chi connectivity index (χ2v) is 7.41. The van der Waals surface area contributed by atoms with Gasteiger partial charge in [0.15, 0.2) is 0 Å². The number of methoxy groups -OCH3 is 1. The summed E-state index contributed by atoms with van der Waals surface area (Å²) >= 11 is 0. The van der Waals surface area contributed by atoms with Crippen LogP contribution < -0.4 is 15.0 Å². The molecule has 0 amide bonds. The minimum Gasteiger partial charge on any atom is -0.497 e. The van der Waals surface area contributed by atoms with Gasteiger partial charge in [0, 0.05) is 43.2 Å². The van der Waals surface area contributed by atoms with Gasteiger partial charge in [-0.15, -0.1) is 0 Å². The number of hydrogen-bond acceptors (Lipinski definition) is 5. The fraction of sp³-hybridized carbons (Fsp3) is 0.364. The maximum Gasteiger partial charge on any atom is 0.226 e.